The first-order valence-corrected chi connectivity index (χ1v) is 13.2. The summed E-state index contributed by atoms with van der Waals surface area (Å²) < 4.78 is 56.2. The van der Waals surface area contributed by atoms with E-state index < -0.39 is 21.2 Å². The van der Waals surface area contributed by atoms with E-state index in [-0.39, 0.29) is 11.6 Å². The van der Waals surface area contributed by atoms with Gasteiger partial charge in [0.15, 0.2) is 0 Å². The number of sulfonamides is 1. The Morgan fingerprint density at radius 1 is 1.16 bits per heavy atom. The van der Waals surface area contributed by atoms with E-state index in [0.29, 0.717) is 59.9 Å². The van der Waals surface area contributed by atoms with Crippen molar-refractivity contribution >= 4 is 27.4 Å². The first-order valence-electron chi connectivity index (χ1n) is 11.7. The van der Waals surface area contributed by atoms with Gasteiger partial charge in [-0.15, -0.1) is 0 Å². The number of hydrogen-bond donors (Lipinski definition) is 2. The van der Waals surface area contributed by atoms with Crippen LogP contribution in [0.3, 0.4) is 0 Å². The number of nitrogens with zero attached hydrogens (tertiary/aromatic N) is 4. The molecule has 0 spiro atoms. The minimum atomic E-state index is -4.85. The van der Waals surface area contributed by atoms with Crippen LogP contribution in [0.5, 0.6) is 5.88 Å². The number of amides is 1. The van der Waals surface area contributed by atoms with Gasteiger partial charge in [-0.2, -0.15) is 8.78 Å². The van der Waals surface area contributed by atoms with Crippen LogP contribution in [0.1, 0.15) is 31.9 Å². The lowest BCUT2D eigenvalue weighted by atomic mass is 9.78. The van der Waals surface area contributed by atoms with Gasteiger partial charge in [-0.1, -0.05) is 0 Å². The average molecular weight is 531 g/mol. The fourth-order valence-electron chi connectivity index (χ4n) is 4.82. The fraction of sp³-hybridized carbons (Fsp3) is 0.375. The summed E-state index contributed by atoms with van der Waals surface area (Å²) in [5.41, 5.74) is 0.472. The maximum atomic E-state index is 13.6. The van der Waals surface area contributed by atoms with Crippen molar-refractivity contribution in [2.24, 2.45) is 11.8 Å². The highest BCUT2D eigenvalue weighted by Crippen LogP contribution is 2.60. The van der Waals surface area contributed by atoms with Crippen molar-refractivity contribution < 1.29 is 26.7 Å². The third kappa shape index (κ3) is 5.08. The Hall–Kier alpha value is -3.74. The fourth-order valence-corrected chi connectivity index (χ4v) is 5.37. The van der Waals surface area contributed by atoms with Crippen molar-refractivity contribution in [1.29, 1.82) is 0 Å². The minimum Gasteiger partial charge on any atom is -0.477 e. The second kappa shape index (κ2) is 9.61. The normalized spacial score (nSPS) is 22.4. The number of hydrogen-bond acceptors (Lipinski definition) is 8. The summed E-state index contributed by atoms with van der Waals surface area (Å²) in [7, 11) is -4.85. The number of pyridine rings is 2. The van der Waals surface area contributed by atoms with Crippen molar-refractivity contribution in [2.45, 2.75) is 37.4 Å². The van der Waals surface area contributed by atoms with Crippen LogP contribution < -0.4 is 14.8 Å². The molecule has 0 saturated heterocycles. The molecule has 2 unspecified atom stereocenters. The molecule has 3 aromatic rings. The van der Waals surface area contributed by atoms with Crippen molar-refractivity contribution in [1.82, 2.24) is 19.9 Å². The van der Waals surface area contributed by atoms with E-state index in [9.17, 15) is 22.0 Å². The maximum Gasteiger partial charge on any atom is 0.355 e. The molecule has 2 N–H and O–H groups in total. The van der Waals surface area contributed by atoms with Gasteiger partial charge in [-0.05, 0) is 62.3 Å². The molecule has 1 amide bonds. The minimum absolute atomic E-state index is 0.0732. The smallest absolute Gasteiger partial charge is 0.355 e. The zero-order valence-corrected chi connectivity index (χ0v) is 20.6. The summed E-state index contributed by atoms with van der Waals surface area (Å²) in [6.45, 7) is 2.31. The van der Waals surface area contributed by atoms with E-state index in [4.69, 9.17) is 4.74 Å². The first kappa shape index (κ1) is 24.9. The SMILES string of the molecule is CCOc1cncc(-c2ccc(NC(=O)C3(c4cc(NS(=O)(=O)C(F)F)ccn4)CC4CC4C3)nc2)n1. The summed E-state index contributed by atoms with van der Waals surface area (Å²) in [6, 6.07) is 6.02. The molecular formula is C24H24F2N6O4S. The lowest BCUT2D eigenvalue weighted by molar-refractivity contribution is -0.122. The Balaban J connectivity index is 1.37. The van der Waals surface area contributed by atoms with E-state index in [0.717, 1.165) is 6.42 Å². The standard InChI is InChI=1S/C24H24F2N6O4S/c1-2-36-21-13-27-12-18(30-21)14-3-4-20(29-11-14)31-22(33)24(9-15-7-16(15)10-24)19-8-17(5-6-28-19)32-37(34,35)23(25)26/h3-6,8,11-13,15-16,23H,2,7,9-10H2,1H3,(H,28,32)(H,29,31,33). The molecule has 2 atom stereocenters. The van der Waals surface area contributed by atoms with E-state index in [2.05, 4.69) is 25.3 Å². The van der Waals surface area contributed by atoms with Gasteiger partial charge in [-0.25, -0.2) is 18.4 Å². The molecule has 5 rings (SSSR count). The van der Waals surface area contributed by atoms with Crippen LogP contribution in [0, 0.1) is 11.8 Å². The predicted octanol–water partition coefficient (Wildman–Crippen LogP) is 3.60. The molecule has 2 aliphatic rings. The zero-order valence-electron chi connectivity index (χ0n) is 19.8. The monoisotopic (exact) mass is 530 g/mol. The molecule has 3 heterocycles. The number of anilines is 2. The molecule has 0 bridgehead atoms. The Morgan fingerprint density at radius 2 is 1.95 bits per heavy atom. The molecule has 10 nitrogen and oxygen atoms in total. The number of fused-ring (bicyclic) bond motifs is 1. The van der Waals surface area contributed by atoms with Crippen LogP contribution in [0.15, 0.2) is 49.1 Å². The number of rotatable bonds is 9. The molecule has 0 radical (unpaired) electrons. The lowest BCUT2D eigenvalue weighted by Crippen LogP contribution is -2.40. The van der Waals surface area contributed by atoms with Crippen molar-refractivity contribution in [2.75, 3.05) is 16.6 Å². The molecule has 13 heteroatoms. The van der Waals surface area contributed by atoms with Gasteiger partial charge in [0, 0.05) is 18.0 Å². The average Bonchev–Trinajstić information content (AvgIpc) is 3.49. The maximum absolute atomic E-state index is 13.6. The van der Waals surface area contributed by atoms with Gasteiger partial charge in [0.05, 0.1) is 41.5 Å². The molecule has 0 aliphatic heterocycles. The van der Waals surface area contributed by atoms with Gasteiger partial charge in [0.1, 0.15) is 5.82 Å². The Kier molecular flexibility index (Phi) is 6.48. The number of carbonyl (C=O) groups excluding carboxylic acids is 1. The van der Waals surface area contributed by atoms with Gasteiger partial charge >= 0.3 is 5.76 Å². The first-order chi connectivity index (χ1) is 17.7. The van der Waals surface area contributed by atoms with Gasteiger partial charge < -0.3 is 10.1 Å². The highest BCUT2D eigenvalue weighted by Gasteiger charge is 2.59. The van der Waals surface area contributed by atoms with E-state index in [1.54, 1.807) is 24.5 Å². The van der Waals surface area contributed by atoms with Crippen LogP contribution in [0.2, 0.25) is 0 Å². The molecule has 0 aromatic carbocycles. The Morgan fingerprint density at radius 3 is 2.62 bits per heavy atom. The van der Waals surface area contributed by atoms with Crippen LogP contribution >= 0.6 is 0 Å². The molecule has 2 aliphatic carbocycles. The van der Waals surface area contributed by atoms with E-state index in [1.165, 1.54) is 24.5 Å². The number of ether oxygens (including phenoxy) is 1. The van der Waals surface area contributed by atoms with Crippen LogP contribution in [0.4, 0.5) is 20.3 Å². The third-order valence-corrected chi connectivity index (χ3v) is 7.66. The second-order valence-electron chi connectivity index (χ2n) is 9.15. The summed E-state index contributed by atoms with van der Waals surface area (Å²) in [5.74, 6) is -2.48. The molecule has 37 heavy (non-hydrogen) atoms. The van der Waals surface area contributed by atoms with E-state index in [1.807, 2.05) is 11.6 Å². The van der Waals surface area contributed by atoms with Gasteiger partial charge in [0.25, 0.3) is 10.0 Å². The van der Waals surface area contributed by atoms with Crippen molar-refractivity contribution in [3.63, 3.8) is 0 Å². The van der Waals surface area contributed by atoms with Crippen molar-refractivity contribution in [3.05, 3.63) is 54.7 Å². The Bertz CT molecular complexity index is 1410. The number of aromatic nitrogens is 4. The van der Waals surface area contributed by atoms with Gasteiger partial charge in [-0.3, -0.25) is 19.5 Å². The van der Waals surface area contributed by atoms with Gasteiger partial charge in [0.2, 0.25) is 11.8 Å². The number of halogens is 2. The highest BCUT2D eigenvalue weighted by atomic mass is 32.2. The zero-order chi connectivity index (χ0) is 26.2. The molecular weight excluding hydrogens is 506 g/mol. The number of carbonyl (C=O) groups is 1. The molecule has 2 saturated carbocycles. The second-order valence-corrected chi connectivity index (χ2v) is 10.8. The van der Waals surface area contributed by atoms with E-state index >= 15 is 0 Å². The molecule has 2 fully saturated rings. The summed E-state index contributed by atoms with van der Waals surface area (Å²) >= 11 is 0. The number of alkyl halides is 2. The number of nitrogens with one attached hydrogen (secondary N) is 2. The summed E-state index contributed by atoms with van der Waals surface area (Å²) in [6.07, 6.45) is 8.04. The van der Waals surface area contributed by atoms with Crippen LogP contribution in [-0.4, -0.2) is 46.6 Å². The summed E-state index contributed by atoms with van der Waals surface area (Å²) in [5, 5.41) is 2.85. The van der Waals surface area contributed by atoms with Crippen molar-refractivity contribution in [3.8, 4) is 17.1 Å². The van der Waals surface area contributed by atoms with Crippen LogP contribution in [0.25, 0.3) is 11.3 Å². The van der Waals surface area contributed by atoms with Crippen LogP contribution in [-0.2, 0) is 20.2 Å². The largest absolute Gasteiger partial charge is 0.477 e. The predicted molar refractivity (Wildman–Crippen MR) is 130 cm³/mol. The molecule has 3 aromatic heterocycles. The lowest BCUT2D eigenvalue weighted by Gasteiger charge is -2.29. The quantitative estimate of drug-likeness (QED) is 0.428. The Labute approximate surface area is 212 Å². The molecule has 194 valence electrons. The third-order valence-electron chi connectivity index (χ3n) is 6.68. The summed E-state index contributed by atoms with van der Waals surface area (Å²) in [4.78, 5) is 30.8. The topological polar surface area (TPSA) is 136 Å². The highest BCUT2D eigenvalue weighted by molar-refractivity contribution is 7.93.